The number of para-hydroxylation sites is 1. The van der Waals surface area contributed by atoms with Crippen molar-refractivity contribution in [3.8, 4) is 5.69 Å². The SMILES string of the molecule is Cc1c(C)n(-c2ccccc2)c2nc(C(=O)N3CCCCCC3)nc(N3CCCCC3)c12. The van der Waals surface area contributed by atoms with Crippen LogP contribution in [0.25, 0.3) is 16.7 Å². The average Bonchev–Trinajstić information content (AvgIpc) is 3.01. The first-order valence-corrected chi connectivity index (χ1v) is 12.1. The number of aromatic nitrogens is 3. The molecule has 1 aromatic carbocycles. The van der Waals surface area contributed by atoms with Gasteiger partial charge in [-0.2, -0.15) is 0 Å². The van der Waals surface area contributed by atoms with Gasteiger partial charge in [-0.25, -0.2) is 9.97 Å². The van der Waals surface area contributed by atoms with Crippen LogP contribution in [0.1, 0.15) is 66.8 Å². The van der Waals surface area contributed by atoms with E-state index >= 15 is 0 Å². The third-order valence-corrected chi connectivity index (χ3v) is 7.09. The van der Waals surface area contributed by atoms with E-state index in [4.69, 9.17) is 9.97 Å². The van der Waals surface area contributed by atoms with Gasteiger partial charge in [-0.3, -0.25) is 9.36 Å². The van der Waals surface area contributed by atoms with Crippen LogP contribution in [0.5, 0.6) is 0 Å². The molecule has 2 aromatic heterocycles. The summed E-state index contributed by atoms with van der Waals surface area (Å²) in [4.78, 5) is 27.8. The molecule has 5 rings (SSSR count). The summed E-state index contributed by atoms with van der Waals surface area (Å²) in [5.41, 5.74) is 4.26. The van der Waals surface area contributed by atoms with Crippen molar-refractivity contribution in [3.05, 3.63) is 47.4 Å². The second kappa shape index (κ2) is 8.93. The maximum Gasteiger partial charge on any atom is 0.291 e. The topological polar surface area (TPSA) is 54.3 Å². The number of benzene rings is 1. The number of carbonyl (C=O) groups is 1. The second-order valence-electron chi connectivity index (χ2n) is 9.20. The van der Waals surface area contributed by atoms with Crippen LogP contribution >= 0.6 is 0 Å². The van der Waals surface area contributed by atoms with Crippen LogP contribution in [0.4, 0.5) is 5.82 Å². The number of aryl methyl sites for hydroxylation is 1. The summed E-state index contributed by atoms with van der Waals surface area (Å²) in [6.07, 6.45) is 8.09. The minimum Gasteiger partial charge on any atom is -0.356 e. The van der Waals surface area contributed by atoms with E-state index in [1.165, 1.54) is 37.7 Å². The summed E-state index contributed by atoms with van der Waals surface area (Å²) in [6, 6.07) is 10.3. The molecule has 0 unspecified atom stereocenters. The zero-order valence-electron chi connectivity index (χ0n) is 19.3. The zero-order chi connectivity index (χ0) is 22.1. The molecule has 32 heavy (non-hydrogen) atoms. The predicted molar refractivity (Wildman–Crippen MR) is 129 cm³/mol. The monoisotopic (exact) mass is 431 g/mol. The number of carbonyl (C=O) groups excluding carboxylic acids is 1. The first-order chi connectivity index (χ1) is 15.6. The Morgan fingerprint density at radius 1 is 0.812 bits per heavy atom. The van der Waals surface area contributed by atoms with Crippen molar-refractivity contribution < 1.29 is 4.79 Å². The van der Waals surface area contributed by atoms with Crippen molar-refractivity contribution in [3.63, 3.8) is 0 Å². The minimum absolute atomic E-state index is 0.0248. The van der Waals surface area contributed by atoms with Gasteiger partial charge in [0.05, 0.1) is 5.39 Å². The molecule has 4 heterocycles. The molecule has 0 atom stereocenters. The molecule has 0 spiro atoms. The van der Waals surface area contributed by atoms with Crippen molar-refractivity contribution >= 4 is 22.8 Å². The number of piperidine rings is 1. The Kier molecular flexibility index (Phi) is 5.85. The number of anilines is 1. The number of likely N-dealkylation sites (tertiary alicyclic amines) is 1. The molecule has 6 heteroatoms. The molecule has 0 bridgehead atoms. The molecule has 2 aliphatic heterocycles. The van der Waals surface area contributed by atoms with Crippen LogP contribution < -0.4 is 4.90 Å². The van der Waals surface area contributed by atoms with E-state index in [0.29, 0.717) is 5.82 Å². The highest BCUT2D eigenvalue weighted by Gasteiger charge is 2.27. The fourth-order valence-electron chi connectivity index (χ4n) is 5.18. The van der Waals surface area contributed by atoms with Crippen molar-refractivity contribution in [2.24, 2.45) is 0 Å². The van der Waals surface area contributed by atoms with Gasteiger partial charge in [0.2, 0.25) is 5.82 Å². The van der Waals surface area contributed by atoms with Crippen LogP contribution in [0.3, 0.4) is 0 Å². The quantitative estimate of drug-likeness (QED) is 0.583. The molecule has 0 saturated carbocycles. The summed E-state index contributed by atoms with van der Waals surface area (Å²) >= 11 is 0. The maximum absolute atomic E-state index is 13.5. The van der Waals surface area contributed by atoms with Gasteiger partial charge in [-0.05, 0) is 63.6 Å². The van der Waals surface area contributed by atoms with Gasteiger partial charge in [0.1, 0.15) is 5.82 Å². The zero-order valence-corrected chi connectivity index (χ0v) is 19.3. The number of amides is 1. The molecule has 2 saturated heterocycles. The smallest absolute Gasteiger partial charge is 0.291 e. The summed E-state index contributed by atoms with van der Waals surface area (Å²) in [5.74, 6) is 1.25. The molecule has 3 aromatic rings. The van der Waals surface area contributed by atoms with Crippen LogP contribution in [-0.2, 0) is 0 Å². The fourth-order valence-corrected chi connectivity index (χ4v) is 5.18. The lowest BCUT2D eigenvalue weighted by Gasteiger charge is -2.29. The molecule has 1 amide bonds. The lowest BCUT2D eigenvalue weighted by Crippen LogP contribution is -2.35. The van der Waals surface area contributed by atoms with E-state index in [1.54, 1.807) is 0 Å². The van der Waals surface area contributed by atoms with Crippen LogP contribution in [0, 0.1) is 13.8 Å². The number of hydrogen-bond donors (Lipinski definition) is 0. The molecule has 168 valence electrons. The third-order valence-electron chi connectivity index (χ3n) is 7.09. The highest BCUT2D eigenvalue weighted by Crippen LogP contribution is 2.35. The van der Waals surface area contributed by atoms with E-state index in [-0.39, 0.29) is 5.91 Å². The van der Waals surface area contributed by atoms with Gasteiger partial charge in [-0.1, -0.05) is 31.0 Å². The standard InChI is InChI=1S/C26H33N5O/c1-19-20(2)31(21-13-7-5-8-14-21)25-22(19)24(29-15-11-6-12-16-29)27-23(28-25)26(32)30-17-9-3-4-10-18-30/h5,7-8,13-14H,3-4,6,9-12,15-18H2,1-2H3. The highest BCUT2D eigenvalue weighted by atomic mass is 16.2. The van der Waals surface area contributed by atoms with Gasteiger partial charge in [-0.15, -0.1) is 0 Å². The molecule has 0 radical (unpaired) electrons. The largest absolute Gasteiger partial charge is 0.356 e. The van der Waals surface area contributed by atoms with Gasteiger partial charge >= 0.3 is 0 Å². The van der Waals surface area contributed by atoms with Crippen LogP contribution in [0.15, 0.2) is 30.3 Å². The first-order valence-electron chi connectivity index (χ1n) is 12.1. The number of nitrogens with zero attached hydrogens (tertiary/aromatic N) is 5. The van der Waals surface area contributed by atoms with E-state index in [2.05, 4.69) is 35.4 Å². The lowest BCUT2D eigenvalue weighted by atomic mass is 10.1. The second-order valence-corrected chi connectivity index (χ2v) is 9.20. The van der Waals surface area contributed by atoms with E-state index in [0.717, 1.165) is 67.3 Å². The van der Waals surface area contributed by atoms with Crippen molar-refractivity contribution in [2.75, 3.05) is 31.1 Å². The number of fused-ring (bicyclic) bond motifs is 1. The lowest BCUT2D eigenvalue weighted by molar-refractivity contribution is 0.0749. The normalized spacial score (nSPS) is 17.6. The molecule has 2 aliphatic rings. The summed E-state index contributed by atoms with van der Waals surface area (Å²) in [7, 11) is 0. The number of hydrogen-bond acceptors (Lipinski definition) is 4. The third kappa shape index (κ3) is 3.76. The molecular weight excluding hydrogens is 398 g/mol. The highest BCUT2D eigenvalue weighted by molar-refractivity contribution is 5.98. The van der Waals surface area contributed by atoms with Crippen molar-refractivity contribution in [2.45, 2.75) is 58.8 Å². The summed E-state index contributed by atoms with van der Waals surface area (Å²) < 4.78 is 2.19. The van der Waals surface area contributed by atoms with Gasteiger partial charge in [0.25, 0.3) is 5.91 Å². The van der Waals surface area contributed by atoms with Gasteiger partial charge in [0, 0.05) is 37.6 Å². The fraction of sp³-hybridized carbons (Fsp3) is 0.500. The Labute approximate surface area is 190 Å². The Hall–Kier alpha value is -2.89. The molecule has 0 aliphatic carbocycles. The van der Waals surface area contributed by atoms with Gasteiger partial charge in [0.15, 0.2) is 5.65 Å². The molecule has 0 N–H and O–H groups in total. The van der Waals surface area contributed by atoms with E-state index in [1.807, 2.05) is 23.1 Å². The van der Waals surface area contributed by atoms with E-state index in [9.17, 15) is 4.79 Å². The van der Waals surface area contributed by atoms with Gasteiger partial charge < -0.3 is 9.80 Å². The Morgan fingerprint density at radius 2 is 1.44 bits per heavy atom. The Balaban J connectivity index is 1.70. The number of rotatable bonds is 3. The molecule has 6 nitrogen and oxygen atoms in total. The average molecular weight is 432 g/mol. The molecule has 2 fully saturated rings. The summed E-state index contributed by atoms with van der Waals surface area (Å²) in [6.45, 7) is 7.87. The Bertz CT molecular complexity index is 1110. The maximum atomic E-state index is 13.5. The Morgan fingerprint density at radius 3 is 2.12 bits per heavy atom. The van der Waals surface area contributed by atoms with E-state index < -0.39 is 0 Å². The summed E-state index contributed by atoms with van der Waals surface area (Å²) in [5, 5.41) is 1.08. The van der Waals surface area contributed by atoms with Crippen LogP contribution in [-0.4, -0.2) is 51.5 Å². The van der Waals surface area contributed by atoms with Crippen molar-refractivity contribution in [1.29, 1.82) is 0 Å². The van der Waals surface area contributed by atoms with Crippen molar-refractivity contribution in [1.82, 2.24) is 19.4 Å². The molecular formula is C26H33N5O. The predicted octanol–water partition coefficient (Wildman–Crippen LogP) is 5.04. The van der Waals surface area contributed by atoms with Crippen LogP contribution in [0.2, 0.25) is 0 Å². The first kappa shape index (κ1) is 21.0. The minimum atomic E-state index is -0.0248.